The van der Waals surface area contributed by atoms with Crippen molar-refractivity contribution in [3.63, 3.8) is 0 Å². The summed E-state index contributed by atoms with van der Waals surface area (Å²) in [7, 11) is 0. The number of pyridine rings is 1. The average molecular weight is 404 g/mol. The first-order valence-electron chi connectivity index (χ1n) is 10.1. The van der Waals surface area contributed by atoms with Crippen molar-refractivity contribution in [2.75, 3.05) is 25.4 Å². The van der Waals surface area contributed by atoms with Crippen LogP contribution in [0.25, 0.3) is 10.9 Å². The molecule has 0 saturated carbocycles. The maximum Gasteiger partial charge on any atom is 0.189 e. The Balaban J connectivity index is 1.39. The zero-order valence-corrected chi connectivity index (χ0v) is 17.0. The van der Waals surface area contributed by atoms with E-state index in [0.29, 0.717) is 11.3 Å². The topological polar surface area (TPSA) is 62.5 Å². The Kier molecular flexibility index (Phi) is 5.77. The van der Waals surface area contributed by atoms with Crippen LogP contribution in [0.2, 0.25) is 0 Å². The molecule has 4 rings (SSSR count). The van der Waals surface area contributed by atoms with E-state index in [2.05, 4.69) is 21.7 Å². The van der Waals surface area contributed by atoms with E-state index in [-0.39, 0.29) is 17.6 Å². The van der Waals surface area contributed by atoms with Crippen LogP contribution in [0.1, 0.15) is 22.8 Å². The van der Waals surface area contributed by atoms with Gasteiger partial charge in [0.15, 0.2) is 5.78 Å². The van der Waals surface area contributed by atoms with Gasteiger partial charge in [-0.15, -0.1) is 0 Å². The minimum Gasteiger partial charge on any atom is -0.398 e. The van der Waals surface area contributed by atoms with Crippen LogP contribution in [-0.4, -0.2) is 46.2 Å². The minimum absolute atomic E-state index is 0.124. The van der Waals surface area contributed by atoms with E-state index in [1.165, 1.54) is 12.1 Å². The molecule has 0 radical (unpaired) electrons. The number of benzene rings is 2. The summed E-state index contributed by atoms with van der Waals surface area (Å²) in [6.07, 6.45) is 5.16. The fourth-order valence-corrected chi connectivity index (χ4v) is 3.86. The average Bonchev–Trinajstić information content (AvgIpc) is 2.74. The lowest BCUT2D eigenvalue weighted by molar-refractivity contribution is 0.103. The molecule has 5 nitrogen and oxygen atoms in total. The van der Waals surface area contributed by atoms with E-state index in [4.69, 9.17) is 5.73 Å². The molecule has 30 heavy (non-hydrogen) atoms. The van der Waals surface area contributed by atoms with E-state index in [9.17, 15) is 9.18 Å². The zero-order valence-electron chi connectivity index (χ0n) is 17.0. The van der Waals surface area contributed by atoms with Gasteiger partial charge in [0.05, 0.1) is 5.52 Å². The summed E-state index contributed by atoms with van der Waals surface area (Å²) in [4.78, 5) is 21.6. The molecule has 0 bridgehead atoms. The number of nitrogens with two attached hydrogens (primary N) is 1. The predicted octanol–water partition coefficient (Wildman–Crippen LogP) is 3.86. The quantitative estimate of drug-likeness (QED) is 0.398. The molecule has 2 aromatic carbocycles. The third-order valence-corrected chi connectivity index (χ3v) is 5.54. The van der Waals surface area contributed by atoms with Gasteiger partial charge in [-0.25, -0.2) is 4.39 Å². The van der Waals surface area contributed by atoms with Crippen molar-refractivity contribution in [2.45, 2.75) is 19.5 Å². The first kappa shape index (κ1) is 20.0. The van der Waals surface area contributed by atoms with Crippen LogP contribution in [0.4, 0.5) is 10.1 Å². The standard InChI is InChI=1S/C24H25FN4O/c1-17-15-28(16-18-4-6-20(25)7-5-18)11-12-29(17)10-8-24(30)21-14-23-19(13-22(21)26)3-2-9-27-23/h2-10,13-14,17H,11-12,15-16,26H2,1H3/t17-/m1/s1. The monoisotopic (exact) mass is 404 g/mol. The van der Waals surface area contributed by atoms with Crippen molar-refractivity contribution in [1.29, 1.82) is 0 Å². The van der Waals surface area contributed by atoms with Gasteiger partial charge in [0, 0.05) is 67.3 Å². The third kappa shape index (κ3) is 4.49. The number of anilines is 1. The van der Waals surface area contributed by atoms with Gasteiger partial charge in [-0.05, 0) is 42.8 Å². The van der Waals surface area contributed by atoms with Gasteiger partial charge in [0.1, 0.15) is 5.82 Å². The zero-order chi connectivity index (χ0) is 21.1. The summed E-state index contributed by atoms with van der Waals surface area (Å²) >= 11 is 0. The van der Waals surface area contributed by atoms with E-state index in [1.807, 2.05) is 30.5 Å². The van der Waals surface area contributed by atoms with Gasteiger partial charge < -0.3 is 10.6 Å². The van der Waals surface area contributed by atoms with Crippen LogP contribution < -0.4 is 5.73 Å². The molecule has 0 unspecified atom stereocenters. The Bertz CT molecular complexity index is 1080. The van der Waals surface area contributed by atoms with Crippen molar-refractivity contribution in [3.05, 3.63) is 83.9 Å². The van der Waals surface area contributed by atoms with E-state index < -0.39 is 0 Å². The Morgan fingerprint density at radius 3 is 2.80 bits per heavy atom. The van der Waals surface area contributed by atoms with Crippen molar-refractivity contribution in [3.8, 4) is 0 Å². The summed E-state index contributed by atoms with van der Waals surface area (Å²) in [5, 5.41) is 0.918. The van der Waals surface area contributed by atoms with E-state index in [0.717, 1.165) is 42.6 Å². The number of carbonyl (C=O) groups excluding carboxylic acids is 1. The number of piperazine rings is 1. The third-order valence-electron chi connectivity index (χ3n) is 5.54. The fourth-order valence-electron chi connectivity index (χ4n) is 3.86. The number of halogens is 1. The molecule has 3 aromatic rings. The SMILES string of the molecule is C[C@@H]1CN(Cc2ccc(F)cc2)CCN1C=CC(=O)c1cc2ncccc2cc1N. The second-order valence-electron chi connectivity index (χ2n) is 7.76. The number of allylic oxidation sites excluding steroid dienone is 1. The second kappa shape index (κ2) is 8.63. The lowest BCUT2D eigenvalue weighted by atomic mass is 10.0. The summed E-state index contributed by atoms with van der Waals surface area (Å²) in [6.45, 7) is 5.50. The lowest BCUT2D eigenvalue weighted by Crippen LogP contribution is -2.49. The Morgan fingerprint density at radius 1 is 1.23 bits per heavy atom. The molecule has 1 aliphatic rings. The predicted molar refractivity (Wildman–Crippen MR) is 117 cm³/mol. The number of aromatic nitrogens is 1. The van der Waals surface area contributed by atoms with Crippen molar-refractivity contribution < 1.29 is 9.18 Å². The number of nitrogen functional groups attached to an aromatic ring is 1. The van der Waals surface area contributed by atoms with E-state index in [1.54, 1.807) is 24.4 Å². The van der Waals surface area contributed by atoms with E-state index >= 15 is 0 Å². The van der Waals surface area contributed by atoms with Gasteiger partial charge in [-0.2, -0.15) is 0 Å². The maximum atomic E-state index is 13.1. The summed E-state index contributed by atoms with van der Waals surface area (Å²) in [5.41, 5.74) is 8.89. The highest BCUT2D eigenvalue weighted by Crippen LogP contribution is 2.21. The molecule has 6 heteroatoms. The van der Waals surface area contributed by atoms with Crippen molar-refractivity contribution >= 4 is 22.4 Å². The van der Waals surface area contributed by atoms with Crippen LogP contribution >= 0.6 is 0 Å². The first-order valence-corrected chi connectivity index (χ1v) is 10.1. The number of hydrogen-bond donors (Lipinski definition) is 1. The number of carbonyl (C=O) groups is 1. The van der Waals surface area contributed by atoms with Gasteiger partial charge in [-0.1, -0.05) is 18.2 Å². The maximum absolute atomic E-state index is 13.1. The molecule has 1 aliphatic heterocycles. The Morgan fingerprint density at radius 2 is 2.03 bits per heavy atom. The minimum atomic E-state index is -0.213. The molecule has 1 saturated heterocycles. The normalized spacial score (nSPS) is 17.7. The van der Waals surface area contributed by atoms with Gasteiger partial charge in [0.25, 0.3) is 0 Å². The molecular weight excluding hydrogens is 379 g/mol. The Hall–Kier alpha value is -3.25. The highest BCUT2D eigenvalue weighted by atomic mass is 19.1. The van der Waals surface area contributed by atoms with Gasteiger partial charge in [-0.3, -0.25) is 14.7 Å². The fraction of sp³-hybridized carbons (Fsp3) is 0.250. The van der Waals surface area contributed by atoms with Crippen molar-refractivity contribution in [2.24, 2.45) is 0 Å². The summed E-state index contributed by atoms with van der Waals surface area (Å²) in [6, 6.07) is 14.2. The van der Waals surface area contributed by atoms with Crippen LogP contribution in [0, 0.1) is 5.82 Å². The first-order chi connectivity index (χ1) is 14.5. The summed E-state index contributed by atoms with van der Waals surface area (Å²) < 4.78 is 13.1. The van der Waals surface area contributed by atoms with Crippen molar-refractivity contribution in [1.82, 2.24) is 14.8 Å². The highest BCUT2D eigenvalue weighted by molar-refractivity contribution is 6.10. The number of fused-ring (bicyclic) bond motifs is 1. The van der Waals surface area contributed by atoms with Crippen LogP contribution in [-0.2, 0) is 6.54 Å². The highest BCUT2D eigenvalue weighted by Gasteiger charge is 2.21. The molecule has 1 aromatic heterocycles. The molecule has 0 amide bonds. The lowest BCUT2D eigenvalue weighted by Gasteiger charge is -2.39. The Labute approximate surface area is 175 Å². The number of rotatable bonds is 5. The van der Waals surface area contributed by atoms with Gasteiger partial charge in [0.2, 0.25) is 0 Å². The summed E-state index contributed by atoms with van der Waals surface area (Å²) in [5.74, 6) is -0.337. The molecule has 1 atom stereocenters. The van der Waals surface area contributed by atoms with Crippen LogP contribution in [0.15, 0.2) is 67.0 Å². The molecule has 0 aliphatic carbocycles. The molecule has 1 fully saturated rings. The van der Waals surface area contributed by atoms with Gasteiger partial charge >= 0.3 is 0 Å². The smallest absolute Gasteiger partial charge is 0.189 e. The number of nitrogens with zero attached hydrogens (tertiary/aromatic N) is 3. The number of ketones is 1. The second-order valence-corrected chi connectivity index (χ2v) is 7.76. The van der Waals surface area contributed by atoms with Crippen LogP contribution in [0.5, 0.6) is 0 Å². The molecule has 0 spiro atoms. The molecule has 154 valence electrons. The van der Waals surface area contributed by atoms with Crippen LogP contribution in [0.3, 0.4) is 0 Å². The molecule has 2 heterocycles. The number of hydrogen-bond acceptors (Lipinski definition) is 5. The molecular formula is C24H25FN4O. The molecule has 2 N–H and O–H groups in total. The largest absolute Gasteiger partial charge is 0.398 e.